The Morgan fingerprint density at radius 3 is 1.75 bits per heavy atom. The minimum atomic E-state index is -0.250. The first-order valence-electron chi connectivity index (χ1n) is 0.494. The Labute approximate surface area is 44.0 Å². The van der Waals surface area contributed by atoms with Gasteiger partial charge in [-0.1, -0.05) is 0 Å². The van der Waals surface area contributed by atoms with Crippen LogP contribution in [0.15, 0.2) is 0 Å². The Morgan fingerprint density at radius 1 is 1.75 bits per heavy atom. The zero-order chi connectivity index (χ0) is 2.71. The molecule has 0 amide bonds. The Morgan fingerprint density at radius 2 is 1.75 bits per heavy atom. The van der Waals surface area contributed by atoms with Crippen molar-refractivity contribution in [2.45, 2.75) is 0 Å². The van der Waals surface area contributed by atoms with Gasteiger partial charge in [0.15, 0.2) is 0 Å². The van der Waals surface area contributed by atoms with E-state index >= 15 is 0 Å². The predicted octanol–water partition coefficient (Wildman–Crippen LogP) is -0.302. The van der Waals surface area contributed by atoms with E-state index in [0.29, 0.717) is 0 Å². The first kappa shape index (κ1) is 8.83. The summed E-state index contributed by atoms with van der Waals surface area (Å²) in [4.78, 5) is 8.36. The molecule has 0 saturated heterocycles. The molecule has 3 heteroatoms. The van der Waals surface area contributed by atoms with Crippen molar-refractivity contribution in [1.29, 1.82) is 0 Å². The summed E-state index contributed by atoms with van der Waals surface area (Å²) in [5.74, 6) is 0. The molecule has 0 spiro atoms. The third-order valence-electron chi connectivity index (χ3n) is 0. The summed E-state index contributed by atoms with van der Waals surface area (Å²) >= 11 is 0. The number of rotatable bonds is 0. The van der Waals surface area contributed by atoms with Crippen molar-refractivity contribution in [2.24, 2.45) is 0 Å². The third kappa shape index (κ3) is 30.2. The summed E-state index contributed by atoms with van der Waals surface area (Å²) in [6, 6.07) is 0. The molecule has 0 saturated carbocycles. The summed E-state index contributed by atoms with van der Waals surface area (Å²) in [6.07, 6.45) is 0. The molecule has 0 radical (unpaired) electrons. The second-order valence-corrected chi connectivity index (χ2v) is 0.105. The average Bonchev–Trinajstić information content (AvgIpc) is 0.918. The maximum absolute atomic E-state index is 8.36. The van der Waals surface area contributed by atoms with E-state index in [9.17, 15) is 0 Å². The molecular formula is CH2CdO2. The Balaban J connectivity index is 0. The maximum atomic E-state index is 8.36. The van der Waals surface area contributed by atoms with Crippen LogP contribution in [0.25, 0.3) is 0 Å². The molecule has 0 aliphatic rings. The molecule has 0 fully saturated rings. The van der Waals surface area contributed by atoms with Crippen molar-refractivity contribution in [3.63, 3.8) is 0 Å². The smallest absolute Gasteiger partial charge is 0.290 e. The molecular weight excluding hydrogens is 156 g/mol. The predicted molar refractivity (Wildman–Crippen MR) is 8.69 cm³/mol. The Hall–Kier alpha value is 0.392. The molecule has 0 unspecified atom stereocenters. The van der Waals surface area contributed by atoms with Crippen molar-refractivity contribution >= 4 is 6.47 Å². The Bertz CT molecular complexity index is 13.5. The van der Waals surface area contributed by atoms with E-state index in [-0.39, 0.29) is 33.8 Å². The second kappa shape index (κ2) is 10.0. The molecule has 0 bridgehead atoms. The van der Waals surface area contributed by atoms with E-state index in [1.165, 1.54) is 0 Å². The van der Waals surface area contributed by atoms with Gasteiger partial charge in [-0.15, -0.1) is 0 Å². The SMILES string of the molecule is O=CO.[Cd]. The summed E-state index contributed by atoms with van der Waals surface area (Å²) in [5, 5.41) is 6.89. The van der Waals surface area contributed by atoms with Gasteiger partial charge in [0.05, 0.1) is 0 Å². The molecule has 0 aromatic heterocycles. The van der Waals surface area contributed by atoms with Crippen LogP contribution in [0.1, 0.15) is 0 Å². The van der Waals surface area contributed by atoms with Gasteiger partial charge in [0.2, 0.25) is 0 Å². The number of hydrogen-bond acceptors (Lipinski definition) is 1. The van der Waals surface area contributed by atoms with Gasteiger partial charge < -0.3 is 5.11 Å². The van der Waals surface area contributed by atoms with E-state index in [0.717, 1.165) is 0 Å². The van der Waals surface area contributed by atoms with E-state index in [4.69, 9.17) is 9.90 Å². The van der Waals surface area contributed by atoms with Gasteiger partial charge >= 0.3 is 0 Å². The van der Waals surface area contributed by atoms with Crippen LogP contribution in [0.4, 0.5) is 0 Å². The van der Waals surface area contributed by atoms with Crippen LogP contribution < -0.4 is 0 Å². The van der Waals surface area contributed by atoms with Crippen molar-refractivity contribution in [2.75, 3.05) is 0 Å². The van der Waals surface area contributed by atoms with Gasteiger partial charge in [-0.25, -0.2) is 0 Å². The fraction of sp³-hybridized carbons (Fsp3) is 0. The molecule has 0 heterocycles. The molecule has 20 valence electrons. The summed E-state index contributed by atoms with van der Waals surface area (Å²) < 4.78 is 0. The molecule has 1 N–H and O–H groups in total. The van der Waals surface area contributed by atoms with Gasteiger partial charge in [0, 0.05) is 27.3 Å². The molecule has 0 aromatic carbocycles. The Kier molecular flexibility index (Phi) is 22.1. The monoisotopic (exact) mass is 160 g/mol. The zero-order valence-corrected chi connectivity index (χ0v) is 6.18. The van der Waals surface area contributed by atoms with Gasteiger partial charge in [-0.2, -0.15) is 0 Å². The number of carbonyl (C=O) groups is 1. The maximum Gasteiger partial charge on any atom is 0.290 e. The van der Waals surface area contributed by atoms with Crippen LogP contribution in [-0.4, -0.2) is 11.6 Å². The largest absolute Gasteiger partial charge is 0.483 e. The minimum Gasteiger partial charge on any atom is -0.483 e. The van der Waals surface area contributed by atoms with Crippen molar-refractivity contribution < 1.29 is 37.2 Å². The van der Waals surface area contributed by atoms with Crippen LogP contribution in [0, 0.1) is 0 Å². The molecule has 0 rings (SSSR count). The topological polar surface area (TPSA) is 37.3 Å². The van der Waals surface area contributed by atoms with Crippen molar-refractivity contribution in [3.05, 3.63) is 0 Å². The minimum absolute atomic E-state index is 0. The first-order chi connectivity index (χ1) is 1.41. The molecule has 2 nitrogen and oxygen atoms in total. The standard InChI is InChI=1S/CH2O2.Cd/c2-1-3;/h1H,(H,2,3);. The first-order valence-corrected chi connectivity index (χ1v) is 0.494. The van der Waals surface area contributed by atoms with Crippen LogP contribution >= 0.6 is 0 Å². The van der Waals surface area contributed by atoms with Crippen LogP contribution in [0.3, 0.4) is 0 Å². The zero-order valence-electron chi connectivity index (χ0n) is 2.14. The van der Waals surface area contributed by atoms with Crippen LogP contribution in [0.5, 0.6) is 0 Å². The molecule has 0 aliphatic heterocycles. The molecule has 4 heavy (non-hydrogen) atoms. The van der Waals surface area contributed by atoms with Crippen LogP contribution in [0.2, 0.25) is 0 Å². The van der Waals surface area contributed by atoms with Crippen molar-refractivity contribution in [1.82, 2.24) is 0 Å². The summed E-state index contributed by atoms with van der Waals surface area (Å²) in [6.45, 7) is -0.250. The van der Waals surface area contributed by atoms with Crippen LogP contribution in [-0.2, 0) is 32.1 Å². The van der Waals surface area contributed by atoms with E-state index < -0.39 is 0 Å². The fourth-order valence-corrected chi connectivity index (χ4v) is 0. The summed E-state index contributed by atoms with van der Waals surface area (Å²) in [5.41, 5.74) is 0. The van der Waals surface area contributed by atoms with Crippen molar-refractivity contribution in [3.8, 4) is 0 Å². The van der Waals surface area contributed by atoms with Gasteiger partial charge in [-0.3, -0.25) is 4.79 Å². The second-order valence-electron chi connectivity index (χ2n) is 0.105. The molecule has 0 aromatic rings. The number of carboxylic acid groups (broad SMARTS) is 1. The third-order valence-corrected chi connectivity index (χ3v) is 0. The van der Waals surface area contributed by atoms with E-state index in [1.54, 1.807) is 0 Å². The molecule has 0 aliphatic carbocycles. The van der Waals surface area contributed by atoms with Gasteiger partial charge in [0.1, 0.15) is 0 Å². The average molecular weight is 158 g/mol. The number of hydrogen-bond donors (Lipinski definition) is 1. The fourth-order valence-electron chi connectivity index (χ4n) is 0. The summed E-state index contributed by atoms with van der Waals surface area (Å²) in [7, 11) is 0. The quantitative estimate of drug-likeness (QED) is 0.388. The van der Waals surface area contributed by atoms with Gasteiger partial charge in [-0.05, 0) is 0 Å². The normalized spacial score (nSPS) is 3.00. The van der Waals surface area contributed by atoms with Gasteiger partial charge in [0.25, 0.3) is 6.47 Å². The van der Waals surface area contributed by atoms with E-state index in [1.807, 2.05) is 0 Å². The van der Waals surface area contributed by atoms with E-state index in [2.05, 4.69) is 0 Å². The molecule has 0 atom stereocenters.